The van der Waals surface area contributed by atoms with Crippen molar-refractivity contribution in [3.63, 3.8) is 0 Å². The number of nitrogens with two attached hydrogens (primary N) is 1. The Morgan fingerprint density at radius 3 is 2.61 bits per heavy atom. The molecule has 0 saturated carbocycles. The van der Waals surface area contributed by atoms with Crippen molar-refractivity contribution in [1.29, 1.82) is 0 Å². The van der Waals surface area contributed by atoms with Crippen LogP contribution in [0.1, 0.15) is 19.4 Å². The molecule has 0 aliphatic rings. The maximum atomic E-state index is 13.2. The lowest BCUT2D eigenvalue weighted by molar-refractivity contribution is -0.137. The first-order chi connectivity index (χ1) is 13.0. The van der Waals surface area contributed by atoms with Crippen LogP contribution in [-0.2, 0) is 15.7 Å². The first-order valence-electron chi connectivity index (χ1n) is 8.00. The fourth-order valence-corrected chi connectivity index (χ4v) is 1.94. The lowest BCUT2D eigenvalue weighted by Gasteiger charge is -2.12. The summed E-state index contributed by atoms with van der Waals surface area (Å²) in [6.07, 6.45) is -2.45. The molecular weight excluding hydrogens is 381 g/mol. The van der Waals surface area contributed by atoms with Crippen LogP contribution in [0.3, 0.4) is 0 Å². The number of halogens is 3. The van der Waals surface area contributed by atoms with Gasteiger partial charge in [-0.15, -0.1) is 5.10 Å². The highest BCUT2D eigenvalue weighted by Gasteiger charge is 2.32. The molecule has 0 saturated heterocycles. The number of nitrogens with zero attached hydrogens (tertiary/aromatic N) is 3. The number of alkyl halides is 3. The highest BCUT2D eigenvalue weighted by Crippen LogP contribution is 2.35. The largest absolute Gasteiger partial charge is 0.513 e. The molecule has 0 spiro atoms. The minimum atomic E-state index is -4.69. The summed E-state index contributed by atoms with van der Waals surface area (Å²) >= 11 is 0. The summed E-state index contributed by atoms with van der Waals surface area (Å²) < 4.78 is 50.3. The van der Waals surface area contributed by atoms with Gasteiger partial charge in [-0.25, -0.2) is 14.5 Å². The lowest BCUT2D eigenvalue weighted by Crippen LogP contribution is -2.15. The van der Waals surface area contributed by atoms with Crippen LogP contribution in [0, 0.1) is 5.92 Å². The molecule has 2 aromatic rings. The summed E-state index contributed by atoms with van der Waals surface area (Å²) in [5.74, 6) is -1.15. The highest BCUT2D eigenvalue weighted by molar-refractivity contribution is 5.88. The van der Waals surface area contributed by atoms with E-state index in [1.165, 1.54) is 18.6 Å². The van der Waals surface area contributed by atoms with Crippen LogP contribution in [0.2, 0.25) is 0 Å². The summed E-state index contributed by atoms with van der Waals surface area (Å²) in [7, 11) is 0. The molecular formula is C17H17F3N4O4. The van der Waals surface area contributed by atoms with Crippen LogP contribution in [0.4, 0.5) is 18.0 Å². The average molecular weight is 398 g/mol. The van der Waals surface area contributed by atoms with Gasteiger partial charge in [0.1, 0.15) is 12.1 Å². The number of carbonyl (C=O) groups excluding carboxylic acids is 2. The zero-order valence-electron chi connectivity index (χ0n) is 14.9. The van der Waals surface area contributed by atoms with Crippen LogP contribution in [0.25, 0.3) is 17.6 Å². The maximum absolute atomic E-state index is 13.2. The number of rotatable bonds is 6. The van der Waals surface area contributed by atoms with Gasteiger partial charge >= 0.3 is 12.3 Å². The molecule has 1 aromatic carbocycles. The van der Waals surface area contributed by atoms with E-state index in [-0.39, 0.29) is 29.7 Å². The van der Waals surface area contributed by atoms with Gasteiger partial charge in [0.05, 0.1) is 12.2 Å². The van der Waals surface area contributed by atoms with E-state index in [1.54, 1.807) is 13.8 Å². The number of hydrogen-bond donors (Lipinski definition) is 1. The van der Waals surface area contributed by atoms with Gasteiger partial charge in [0.15, 0.2) is 5.82 Å². The van der Waals surface area contributed by atoms with Gasteiger partial charge in [0.25, 0.3) is 0 Å². The van der Waals surface area contributed by atoms with Crippen molar-refractivity contribution in [2.75, 3.05) is 6.61 Å². The molecule has 28 heavy (non-hydrogen) atoms. The van der Waals surface area contributed by atoms with Crippen LogP contribution in [0.15, 0.2) is 30.6 Å². The van der Waals surface area contributed by atoms with Gasteiger partial charge in [0, 0.05) is 17.8 Å². The van der Waals surface area contributed by atoms with Crippen LogP contribution in [0.5, 0.6) is 5.75 Å². The maximum Gasteiger partial charge on any atom is 0.513 e. The first-order valence-corrected chi connectivity index (χ1v) is 8.00. The first kappa shape index (κ1) is 20.9. The standard InChI is InChI=1S/C17H17F3N4O4/c1-10(2)8-27-16(26)28-13-6-11(5-12(7-13)17(18,19)20)15-22-9-24(23-15)4-3-14(21)25/h3-7,9-10H,8H2,1-2H3,(H2,21,25)/b4-3-. The highest BCUT2D eigenvalue weighted by atomic mass is 19.4. The zero-order valence-corrected chi connectivity index (χ0v) is 14.9. The number of hydrogen-bond acceptors (Lipinski definition) is 6. The average Bonchev–Trinajstić information content (AvgIpc) is 3.06. The van der Waals surface area contributed by atoms with Gasteiger partial charge < -0.3 is 15.2 Å². The predicted octanol–water partition coefficient (Wildman–Crippen LogP) is 3.09. The van der Waals surface area contributed by atoms with Crippen molar-refractivity contribution in [1.82, 2.24) is 14.8 Å². The summed E-state index contributed by atoms with van der Waals surface area (Å²) in [5, 5.41) is 3.93. The van der Waals surface area contributed by atoms with Gasteiger partial charge in [-0.3, -0.25) is 4.79 Å². The van der Waals surface area contributed by atoms with Crippen molar-refractivity contribution in [3.05, 3.63) is 36.2 Å². The van der Waals surface area contributed by atoms with E-state index in [9.17, 15) is 22.8 Å². The van der Waals surface area contributed by atoms with Gasteiger partial charge in [-0.1, -0.05) is 13.8 Å². The number of carbonyl (C=O) groups is 2. The number of aromatic nitrogens is 3. The molecule has 2 N–H and O–H groups in total. The van der Waals surface area contributed by atoms with Gasteiger partial charge in [-0.05, 0) is 24.1 Å². The summed E-state index contributed by atoms with van der Waals surface area (Å²) in [5.41, 5.74) is 3.86. The van der Waals surface area contributed by atoms with E-state index in [0.717, 1.165) is 16.8 Å². The zero-order chi connectivity index (χ0) is 20.9. The SMILES string of the molecule is CC(C)COC(=O)Oc1cc(-c2ncn(/C=C\C(N)=O)n2)cc(C(F)(F)F)c1. The van der Waals surface area contributed by atoms with E-state index < -0.39 is 23.8 Å². The summed E-state index contributed by atoms with van der Waals surface area (Å²) in [4.78, 5) is 26.3. The second kappa shape index (κ2) is 8.55. The van der Waals surface area contributed by atoms with Gasteiger partial charge in [0.2, 0.25) is 5.91 Å². The van der Waals surface area contributed by atoms with E-state index in [1.807, 2.05) is 0 Å². The molecule has 2 rings (SSSR count). The topological polar surface area (TPSA) is 109 Å². The molecule has 0 aliphatic carbocycles. The number of amides is 1. The Morgan fingerprint density at radius 2 is 2.00 bits per heavy atom. The molecule has 8 nitrogen and oxygen atoms in total. The second-order valence-electron chi connectivity index (χ2n) is 6.07. The third kappa shape index (κ3) is 6.11. The number of benzene rings is 1. The summed E-state index contributed by atoms with van der Waals surface area (Å²) in [6, 6.07) is 2.65. The minimum absolute atomic E-state index is 0.0336. The van der Waals surface area contributed by atoms with Crippen LogP contribution < -0.4 is 10.5 Å². The Labute approximate surface area is 157 Å². The lowest BCUT2D eigenvalue weighted by atomic mass is 10.1. The van der Waals surface area contributed by atoms with Gasteiger partial charge in [-0.2, -0.15) is 13.2 Å². The minimum Gasteiger partial charge on any atom is -0.434 e. The Morgan fingerprint density at radius 1 is 1.29 bits per heavy atom. The quantitative estimate of drug-likeness (QED) is 0.455. The molecule has 0 radical (unpaired) electrons. The molecule has 0 unspecified atom stereocenters. The monoisotopic (exact) mass is 398 g/mol. The molecule has 0 fully saturated rings. The predicted molar refractivity (Wildman–Crippen MR) is 91.8 cm³/mol. The summed E-state index contributed by atoms with van der Waals surface area (Å²) in [6.45, 7) is 3.65. The van der Waals surface area contributed by atoms with E-state index >= 15 is 0 Å². The van der Waals surface area contributed by atoms with E-state index in [4.69, 9.17) is 15.2 Å². The van der Waals surface area contributed by atoms with Crippen molar-refractivity contribution < 1.29 is 32.2 Å². The molecule has 11 heteroatoms. The second-order valence-corrected chi connectivity index (χ2v) is 6.07. The fraction of sp³-hybridized carbons (Fsp3) is 0.294. The van der Waals surface area contributed by atoms with Crippen molar-refractivity contribution in [3.8, 4) is 17.1 Å². The molecule has 1 aromatic heterocycles. The van der Waals surface area contributed by atoms with E-state index in [2.05, 4.69) is 10.1 Å². The molecule has 150 valence electrons. The van der Waals surface area contributed by atoms with Crippen molar-refractivity contribution in [2.24, 2.45) is 11.7 Å². The Balaban J connectivity index is 2.33. The third-order valence-electron chi connectivity index (χ3n) is 3.13. The Kier molecular flexibility index (Phi) is 6.39. The fourth-order valence-electron chi connectivity index (χ4n) is 1.94. The normalized spacial score (nSPS) is 11.8. The Hall–Kier alpha value is -3.37. The van der Waals surface area contributed by atoms with Crippen molar-refractivity contribution in [2.45, 2.75) is 20.0 Å². The van der Waals surface area contributed by atoms with Crippen molar-refractivity contribution >= 4 is 18.3 Å². The molecule has 0 bridgehead atoms. The van der Waals surface area contributed by atoms with Crippen LogP contribution in [-0.4, -0.2) is 33.4 Å². The molecule has 0 atom stereocenters. The molecule has 1 heterocycles. The Bertz CT molecular complexity index is 891. The number of ether oxygens (including phenoxy) is 2. The van der Waals surface area contributed by atoms with E-state index in [0.29, 0.717) is 6.07 Å². The molecule has 0 aliphatic heterocycles. The van der Waals surface area contributed by atoms with Crippen LogP contribution >= 0.6 is 0 Å². The smallest absolute Gasteiger partial charge is 0.434 e. The third-order valence-corrected chi connectivity index (χ3v) is 3.13. The number of primary amides is 1. The molecule has 1 amide bonds.